The van der Waals surface area contributed by atoms with E-state index in [1.807, 2.05) is 0 Å². The van der Waals surface area contributed by atoms with E-state index >= 15 is 0 Å². The Morgan fingerprint density at radius 3 is 2.05 bits per heavy atom. The van der Waals surface area contributed by atoms with Crippen molar-refractivity contribution in [1.82, 2.24) is 0 Å². The molecular formula is C12H14Br2O6. The summed E-state index contributed by atoms with van der Waals surface area (Å²) in [7, 11) is 3.63. The first-order chi connectivity index (χ1) is 9.20. The van der Waals surface area contributed by atoms with E-state index in [0.29, 0.717) is 4.48 Å². The van der Waals surface area contributed by atoms with Crippen molar-refractivity contribution in [3.8, 4) is 0 Å². The summed E-state index contributed by atoms with van der Waals surface area (Å²) in [6.45, 7) is 1.45. The molecule has 1 rings (SSSR count). The molecule has 0 fully saturated rings. The van der Waals surface area contributed by atoms with Crippen molar-refractivity contribution in [3.63, 3.8) is 0 Å². The van der Waals surface area contributed by atoms with Crippen LogP contribution in [0.15, 0.2) is 10.2 Å². The first-order valence-electron chi connectivity index (χ1n) is 5.53. The summed E-state index contributed by atoms with van der Waals surface area (Å²) < 4.78 is 12.9. The van der Waals surface area contributed by atoms with Gasteiger partial charge in [-0.3, -0.25) is 14.4 Å². The maximum Gasteiger partial charge on any atom is 0.332 e. The van der Waals surface area contributed by atoms with Gasteiger partial charge in [-0.2, -0.15) is 0 Å². The molecule has 0 amide bonds. The zero-order chi connectivity index (χ0) is 15.7. The van der Waals surface area contributed by atoms with Crippen LogP contribution in [0.25, 0.3) is 0 Å². The number of ether oxygens (including phenoxy) is 3. The molecule has 0 heterocycles. The molecule has 0 saturated heterocycles. The minimum atomic E-state index is -1.90. The number of esters is 2. The smallest absolute Gasteiger partial charge is 0.332 e. The number of halogens is 2. The second-order valence-corrected chi connectivity index (χ2v) is 6.56. The molecule has 0 aromatic heterocycles. The normalized spacial score (nSPS) is 30.0. The summed E-state index contributed by atoms with van der Waals surface area (Å²) in [5.41, 5.74) is -1.47. The summed E-state index contributed by atoms with van der Waals surface area (Å²) in [5, 5.41) is 0. The van der Waals surface area contributed by atoms with E-state index in [4.69, 9.17) is 9.47 Å². The van der Waals surface area contributed by atoms with Crippen molar-refractivity contribution >= 4 is 49.6 Å². The fourth-order valence-corrected chi connectivity index (χ4v) is 3.69. The van der Waals surface area contributed by atoms with E-state index in [1.165, 1.54) is 21.1 Å². The fourth-order valence-electron chi connectivity index (χ4n) is 2.14. The van der Waals surface area contributed by atoms with Gasteiger partial charge >= 0.3 is 11.9 Å². The minimum Gasteiger partial charge on any atom is -0.492 e. The van der Waals surface area contributed by atoms with Gasteiger partial charge in [0.25, 0.3) is 0 Å². The van der Waals surface area contributed by atoms with Crippen molar-refractivity contribution < 1.29 is 28.6 Å². The van der Waals surface area contributed by atoms with Crippen molar-refractivity contribution in [1.29, 1.82) is 0 Å². The molecule has 2 atom stereocenters. The van der Waals surface area contributed by atoms with Gasteiger partial charge in [0.05, 0.1) is 21.3 Å². The standard InChI is InChI=1S/C12H14Br2O6/c1-11(9(16)19-3)5-6(13)7(18-2)8(15)12(11,14)10(17)20-4/h5H2,1-4H3/t11-,12-/m1/s1. The lowest BCUT2D eigenvalue weighted by Gasteiger charge is -2.42. The molecule has 0 N–H and O–H groups in total. The second-order valence-electron chi connectivity index (χ2n) is 4.42. The average Bonchev–Trinajstić information content (AvgIpc) is 2.43. The van der Waals surface area contributed by atoms with E-state index in [1.54, 1.807) is 0 Å². The van der Waals surface area contributed by atoms with Crippen LogP contribution in [0, 0.1) is 5.41 Å². The van der Waals surface area contributed by atoms with Crippen molar-refractivity contribution in [3.05, 3.63) is 10.2 Å². The van der Waals surface area contributed by atoms with E-state index in [2.05, 4.69) is 36.6 Å². The Hall–Kier alpha value is -0.890. The predicted molar refractivity (Wildman–Crippen MR) is 76.4 cm³/mol. The summed E-state index contributed by atoms with van der Waals surface area (Å²) in [5.74, 6) is -2.32. The lowest BCUT2D eigenvalue weighted by atomic mass is 9.68. The predicted octanol–water partition coefficient (Wildman–Crippen LogP) is 1.70. The van der Waals surface area contributed by atoms with Crippen molar-refractivity contribution in [2.75, 3.05) is 21.3 Å². The number of hydrogen-bond donors (Lipinski definition) is 0. The molecule has 1 aliphatic carbocycles. The van der Waals surface area contributed by atoms with Crippen LogP contribution in [0.3, 0.4) is 0 Å². The third kappa shape index (κ3) is 2.18. The number of Topliss-reactive ketones (excluding diaryl/α,β-unsaturated/α-hetero) is 1. The van der Waals surface area contributed by atoms with Gasteiger partial charge in [-0.25, -0.2) is 0 Å². The van der Waals surface area contributed by atoms with Crippen LogP contribution >= 0.6 is 31.9 Å². The molecule has 0 radical (unpaired) electrons. The van der Waals surface area contributed by atoms with E-state index in [0.717, 1.165) is 7.11 Å². The first-order valence-corrected chi connectivity index (χ1v) is 7.12. The van der Waals surface area contributed by atoms with Gasteiger partial charge in [0, 0.05) is 10.9 Å². The topological polar surface area (TPSA) is 78.9 Å². The average molecular weight is 414 g/mol. The van der Waals surface area contributed by atoms with E-state index in [9.17, 15) is 14.4 Å². The first kappa shape index (κ1) is 17.2. The Labute approximate surface area is 133 Å². The molecule has 0 spiro atoms. The molecule has 112 valence electrons. The van der Waals surface area contributed by atoms with Crippen LogP contribution in [0.1, 0.15) is 13.3 Å². The number of ketones is 1. The number of carbonyl (C=O) groups excluding carboxylic acids is 3. The summed E-state index contributed by atoms with van der Waals surface area (Å²) in [4.78, 5) is 36.8. The molecule has 0 aromatic carbocycles. The maximum absolute atomic E-state index is 12.6. The zero-order valence-electron chi connectivity index (χ0n) is 11.4. The molecule has 0 aromatic rings. The second kappa shape index (κ2) is 5.85. The van der Waals surface area contributed by atoms with Gasteiger partial charge in [-0.1, -0.05) is 31.9 Å². The Kier molecular flexibility index (Phi) is 5.02. The highest BCUT2D eigenvalue weighted by Crippen LogP contribution is 2.52. The van der Waals surface area contributed by atoms with Crippen LogP contribution in [0.4, 0.5) is 0 Å². The quantitative estimate of drug-likeness (QED) is 0.398. The van der Waals surface area contributed by atoms with Gasteiger partial charge < -0.3 is 14.2 Å². The monoisotopic (exact) mass is 412 g/mol. The molecule has 0 aliphatic heterocycles. The van der Waals surface area contributed by atoms with Crippen LogP contribution < -0.4 is 0 Å². The molecule has 1 aliphatic rings. The Bertz CT molecular complexity index is 500. The van der Waals surface area contributed by atoms with Crippen LogP contribution in [-0.4, -0.2) is 43.4 Å². The number of alkyl halides is 1. The molecule has 8 heteroatoms. The number of hydrogen-bond acceptors (Lipinski definition) is 6. The highest BCUT2D eigenvalue weighted by Gasteiger charge is 2.66. The van der Waals surface area contributed by atoms with Crippen molar-refractivity contribution in [2.24, 2.45) is 5.41 Å². The molecule has 20 heavy (non-hydrogen) atoms. The maximum atomic E-state index is 12.6. The van der Waals surface area contributed by atoms with Gasteiger partial charge in [0.1, 0.15) is 5.41 Å². The third-order valence-electron chi connectivity index (χ3n) is 3.34. The van der Waals surface area contributed by atoms with Crippen molar-refractivity contribution in [2.45, 2.75) is 17.7 Å². The largest absolute Gasteiger partial charge is 0.492 e. The highest BCUT2D eigenvalue weighted by molar-refractivity contribution is 9.12. The number of rotatable bonds is 3. The van der Waals surface area contributed by atoms with Crippen LogP contribution in [0.5, 0.6) is 0 Å². The molecule has 0 bridgehead atoms. The lowest BCUT2D eigenvalue weighted by molar-refractivity contribution is -0.165. The Morgan fingerprint density at radius 1 is 1.15 bits per heavy atom. The summed E-state index contributed by atoms with van der Waals surface area (Å²) in [6, 6.07) is 0. The van der Waals surface area contributed by atoms with E-state index in [-0.39, 0.29) is 12.2 Å². The molecular weight excluding hydrogens is 400 g/mol. The van der Waals surface area contributed by atoms with E-state index < -0.39 is 27.5 Å². The van der Waals surface area contributed by atoms with Gasteiger partial charge in [0.15, 0.2) is 5.76 Å². The van der Waals surface area contributed by atoms with Crippen LogP contribution in [0.2, 0.25) is 0 Å². The molecule has 6 nitrogen and oxygen atoms in total. The summed E-state index contributed by atoms with van der Waals surface area (Å²) in [6.07, 6.45) is 0.0505. The summed E-state index contributed by atoms with van der Waals surface area (Å²) >= 11 is 6.30. The van der Waals surface area contributed by atoms with Crippen LogP contribution in [-0.2, 0) is 28.6 Å². The zero-order valence-corrected chi connectivity index (χ0v) is 14.6. The third-order valence-corrected chi connectivity index (χ3v) is 5.54. The SMILES string of the molecule is COC(=O)[C@]1(Br)C(=O)C(OC)=C(Br)C[C@]1(C)C(=O)OC. The van der Waals surface area contributed by atoms with Gasteiger partial charge in [-0.05, 0) is 6.92 Å². The molecule has 0 saturated carbocycles. The number of allylic oxidation sites excluding steroid dienone is 2. The number of methoxy groups -OCH3 is 3. The number of carbonyl (C=O) groups is 3. The Morgan fingerprint density at radius 2 is 1.65 bits per heavy atom. The molecule has 0 unspecified atom stereocenters. The van der Waals surface area contributed by atoms with Gasteiger partial charge in [0.2, 0.25) is 10.1 Å². The Balaban J connectivity index is 3.59. The minimum absolute atomic E-state index is 0.0337. The fraction of sp³-hybridized carbons (Fsp3) is 0.583. The lowest BCUT2D eigenvalue weighted by Crippen LogP contribution is -2.60. The highest BCUT2D eigenvalue weighted by atomic mass is 79.9. The van der Waals surface area contributed by atoms with Gasteiger partial charge in [-0.15, -0.1) is 0 Å².